The molecule has 2 aliphatic rings. The van der Waals surface area contributed by atoms with Crippen molar-refractivity contribution in [2.45, 2.75) is 87.9 Å². The van der Waals surface area contributed by atoms with E-state index in [0.717, 1.165) is 70.7 Å². The molecule has 0 bridgehead atoms. The quantitative estimate of drug-likeness (QED) is 0.0927. The largest absolute Gasteiger partial charge is 0.444 e. The van der Waals surface area contributed by atoms with Crippen LogP contribution in [-0.4, -0.2) is 104 Å². The summed E-state index contributed by atoms with van der Waals surface area (Å²) in [6, 6.07) is 25.1. The van der Waals surface area contributed by atoms with Crippen LogP contribution in [-0.2, 0) is 34.7 Å². The van der Waals surface area contributed by atoms with Crippen LogP contribution in [0.2, 0.25) is 0 Å². The first-order chi connectivity index (χ1) is 31.4. The fraction of sp³-hybridized carbons (Fsp3) is 0.391. The van der Waals surface area contributed by atoms with E-state index in [0.29, 0.717) is 41.5 Å². The van der Waals surface area contributed by atoms with Gasteiger partial charge in [0.15, 0.2) is 0 Å². The maximum atomic E-state index is 12.8. The lowest BCUT2D eigenvalue weighted by Crippen LogP contribution is -2.52. The van der Waals surface area contributed by atoms with Gasteiger partial charge in [0.05, 0.1) is 24.2 Å². The predicted molar refractivity (Wildman–Crippen MR) is 244 cm³/mol. The Hall–Kier alpha value is -6.13. The van der Waals surface area contributed by atoms with Gasteiger partial charge in [0.25, 0.3) is 0 Å². The maximum Gasteiger partial charge on any atom is 0.416 e. The molecule has 4 heterocycles. The minimum absolute atomic E-state index is 0.0964. The van der Waals surface area contributed by atoms with Gasteiger partial charge in [-0.05, 0) is 111 Å². The Kier molecular flexibility index (Phi) is 15.6. The number of aromatic nitrogens is 8. The van der Waals surface area contributed by atoms with E-state index >= 15 is 0 Å². The molecule has 2 aromatic heterocycles. The van der Waals surface area contributed by atoms with Gasteiger partial charge >= 0.3 is 24.5 Å². The molecule has 8 rings (SSSR count). The summed E-state index contributed by atoms with van der Waals surface area (Å²) in [5.41, 5.74) is 2.63. The summed E-state index contributed by atoms with van der Waals surface area (Å²) in [4.78, 5) is 28.2. The van der Waals surface area contributed by atoms with Gasteiger partial charge in [-0.15, -0.1) is 20.4 Å². The van der Waals surface area contributed by atoms with Crippen LogP contribution in [0.25, 0.3) is 22.8 Å². The van der Waals surface area contributed by atoms with E-state index in [4.69, 9.17) is 9.47 Å². The highest BCUT2D eigenvalue weighted by Gasteiger charge is 2.37. The van der Waals surface area contributed by atoms with Crippen LogP contribution in [0.5, 0.6) is 0 Å². The molecule has 0 unspecified atom stereocenters. The van der Waals surface area contributed by atoms with E-state index < -0.39 is 29.1 Å². The van der Waals surface area contributed by atoms with Crippen molar-refractivity contribution < 1.29 is 45.4 Å². The van der Waals surface area contributed by atoms with Gasteiger partial charge in [-0.2, -0.15) is 36.4 Å². The van der Waals surface area contributed by atoms with Crippen LogP contribution in [0.4, 0.5) is 35.9 Å². The number of tetrazole rings is 2. The van der Waals surface area contributed by atoms with Crippen molar-refractivity contribution in [2.75, 3.05) is 26.2 Å². The summed E-state index contributed by atoms with van der Waals surface area (Å²) in [6.45, 7) is 13.6. The fourth-order valence-electron chi connectivity index (χ4n) is 6.59. The number of hydrogen-bond donors (Lipinski definition) is 1. The molecule has 0 saturated carbocycles. The smallest absolute Gasteiger partial charge is 0.416 e. The number of ether oxygens (including phenoxy) is 2. The number of halogens is 7. The molecule has 0 atom stereocenters. The molecule has 67 heavy (non-hydrogen) atoms. The molecule has 14 nitrogen and oxygen atoms in total. The molecule has 21 heteroatoms. The summed E-state index contributed by atoms with van der Waals surface area (Å²) in [5, 5.41) is 26.6. The number of hydrogen-bond acceptors (Lipinski definition) is 10. The highest BCUT2D eigenvalue weighted by atomic mass is 127. The molecule has 2 fully saturated rings. The monoisotopic (exact) mass is 1050 g/mol. The van der Waals surface area contributed by atoms with Gasteiger partial charge in [-0.1, -0.05) is 95.4 Å². The lowest BCUT2D eigenvalue weighted by Gasteiger charge is -2.38. The second kappa shape index (κ2) is 20.8. The minimum Gasteiger partial charge on any atom is -0.444 e. The molecular weight excluding hydrogens is 997 g/mol. The Balaban J connectivity index is 0.000000186. The van der Waals surface area contributed by atoms with Gasteiger partial charge in [0.1, 0.15) is 17.2 Å². The zero-order valence-electron chi connectivity index (χ0n) is 37.4. The number of rotatable bonds is 7. The molecule has 0 aliphatic carbocycles. The minimum atomic E-state index is -4.36. The molecular formula is C46H49F6IN10O4. The van der Waals surface area contributed by atoms with E-state index in [2.05, 4.69) is 58.6 Å². The second-order valence-corrected chi connectivity index (χ2v) is 19.5. The maximum absolute atomic E-state index is 12.8. The van der Waals surface area contributed by atoms with Crippen LogP contribution in [0.15, 0.2) is 97.1 Å². The Morgan fingerprint density at radius 2 is 1.06 bits per heavy atom. The van der Waals surface area contributed by atoms with Crippen molar-refractivity contribution in [3.05, 3.63) is 130 Å². The van der Waals surface area contributed by atoms with Gasteiger partial charge in [-0.25, -0.2) is 9.59 Å². The van der Waals surface area contributed by atoms with Gasteiger partial charge in [0, 0.05) is 28.1 Å². The van der Waals surface area contributed by atoms with E-state index in [1.807, 2.05) is 90.1 Å². The molecule has 4 aromatic carbocycles. The third-order valence-electron chi connectivity index (χ3n) is 9.97. The van der Waals surface area contributed by atoms with Crippen molar-refractivity contribution in [1.82, 2.24) is 50.6 Å². The summed E-state index contributed by atoms with van der Waals surface area (Å²) < 4.78 is 87.3. The number of alkyl halides is 7. The Morgan fingerprint density at radius 3 is 1.46 bits per heavy atom. The normalized spacial score (nSPS) is 14.5. The zero-order chi connectivity index (χ0) is 48.7. The standard InChI is InChI=1S/C23H24F3N5O2.C15H11F3N4.C8H14INO2/c1-22(2,3)33-21(32)30-13-18(14-30)31-28-20(27-29-31)19-7-5-4-6-16(19)12-15-8-10-17(11-9-15)23(24,25)26;16-15(17,18)12-7-5-10(6-8-12)9-11-3-1-2-4-13(11)14-19-21-22-20-14;1-8(2,3)12-7(11)10-4-6(9)5-10/h4-11,18H,12-14H2,1-3H3;1-8H,9H2,(H,19,20,21,22);6H,4-5H2,1-3H3. The average Bonchev–Trinajstić information content (AvgIpc) is 3.92. The highest BCUT2D eigenvalue weighted by Crippen LogP contribution is 2.32. The number of H-pyrrole nitrogens is 1. The molecule has 0 spiro atoms. The van der Waals surface area contributed by atoms with Crippen molar-refractivity contribution in [3.63, 3.8) is 0 Å². The van der Waals surface area contributed by atoms with Crippen molar-refractivity contribution in [2.24, 2.45) is 0 Å². The first-order valence-electron chi connectivity index (χ1n) is 21.0. The summed E-state index contributed by atoms with van der Waals surface area (Å²) in [6.07, 6.45) is -8.32. The average molecular weight is 1050 g/mol. The summed E-state index contributed by atoms with van der Waals surface area (Å²) in [7, 11) is 0. The van der Waals surface area contributed by atoms with Crippen LogP contribution in [0, 0.1) is 0 Å². The van der Waals surface area contributed by atoms with Gasteiger partial charge in [0.2, 0.25) is 11.6 Å². The van der Waals surface area contributed by atoms with Gasteiger partial charge in [-0.3, -0.25) is 0 Å². The van der Waals surface area contributed by atoms with Crippen molar-refractivity contribution >= 4 is 34.8 Å². The second-order valence-electron chi connectivity index (χ2n) is 17.7. The van der Waals surface area contributed by atoms with E-state index in [-0.39, 0.29) is 23.8 Å². The predicted octanol–water partition coefficient (Wildman–Crippen LogP) is 10.3. The SMILES string of the molecule is CC(C)(C)OC(=O)N1CC(I)C1.CC(C)(C)OC(=O)N1CC(n2nnc(-c3ccccc3Cc3ccc(C(F)(F)F)cc3)n2)C1.FC(F)(F)c1ccc(Cc2ccccc2-c2nn[nH]n2)cc1. The molecule has 6 aromatic rings. The van der Waals surface area contributed by atoms with Crippen LogP contribution < -0.4 is 0 Å². The molecule has 2 amide bonds. The van der Waals surface area contributed by atoms with Crippen LogP contribution in [0.3, 0.4) is 0 Å². The summed E-state index contributed by atoms with van der Waals surface area (Å²) in [5.74, 6) is 0.885. The summed E-state index contributed by atoms with van der Waals surface area (Å²) >= 11 is 2.33. The number of carbonyl (C=O) groups is 2. The Bertz CT molecular complexity index is 2560. The van der Waals surface area contributed by atoms with Gasteiger partial charge < -0.3 is 19.3 Å². The number of aromatic amines is 1. The van der Waals surface area contributed by atoms with E-state index in [1.54, 1.807) is 9.80 Å². The first kappa shape index (κ1) is 50.3. The lowest BCUT2D eigenvalue weighted by molar-refractivity contribution is -0.138. The number of carbonyl (C=O) groups excluding carboxylic acids is 2. The number of nitrogens with one attached hydrogen (secondary N) is 1. The highest BCUT2D eigenvalue weighted by molar-refractivity contribution is 14.1. The third-order valence-corrected chi connectivity index (χ3v) is 10.8. The molecule has 1 N–H and O–H groups in total. The fourth-order valence-corrected chi connectivity index (χ4v) is 7.54. The van der Waals surface area contributed by atoms with Crippen LogP contribution >= 0.6 is 22.6 Å². The van der Waals surface area contributed by atoms with Crippen molar-refractivity contribution in [1.29, 1.82) is 0 Å². The first-order valence-corrected chi connectivity index (χ1v) is 22.3. The number of nitrogens with zero attached hydrogens (tertiary/aromatic N) is 9. The van der Waals surface area contributed by atoms with E-state index in [9.17, 15) is 35.9 Å². The molecule has 2 aliphatic heterocycles. The number of amides is 2. The topological polar surface area (TPSA) is 157 Å². The van der Waals surface area contributed by atoms with Crippen molar-refractivity contribution in [3.8, 4) is 22.8 Å². The molecule has 0 radical (unpaired) electrons. The third kappa shape index (κ3) is 14.4. The molecule has 356 valence electrons. The van der Waals surface area contributed by atoms with E-state index in [1.165, 1.54) is 29.1 Å². The van der Waals surface area contributed by atoms with Crippen LogP contribution in [0.1, 0.15) is 81.0 Å². The number of likely N-dealkylation sites (tertiary alicyclic amines) is 2. The number of benzene rings is 4. The Labute approximate surface area is 396 Å². The zero-order valence-corrected chi connectivity index (χ0v) is 39.6. The Morgan fingerprint density at radius 1 is 0.627 bits per heavy atom. The lowest BCUT2D eigenvalue weighted by atomic mass is 9.98. The molecule has 2 saturated heterocycles.